The number of hydrogen-bond donors (Lipinski definition) is 0. The van der Waals surface area contributed by atoms with Crippen LogP contribution in [-0.2, 0) is 14.6 Å². The van der Waals surface area contributed by atoms with E-state index in [1.54, 1.807) is 0 Å². The lowest BCUT2D eigenvalue weighted by Gasteiger charge is -2.29. The lowest BCUT2D eigenvalue weighted by Crippen LogP contribution is -2.25. The van der Waals surface area contributed by atoms with Crippen LogP contribution in [0.25, 0.3) is 0 Å². The van der Waals surface area contributed by atoms with E-state index >= 15 is 0 Å². The molecule has 0 saturated carbocycles. The molecule has 0 amide bonds. The molecule has 0 aliphatic heterocycles. The van der Waals surface area contributed by atoms with Crippen LogP contribution in [0.3, 0.4) is 0 Å². The average molecular weight is 611 g/mol. The molecule has 0 bridgehead atoms. The maximum absolute atomic E-state index is 13.7. The minimum absolute atomic E-state index is 0.0802. The summed E-state index contributed by atoms with van der Waals surface area (Å²) in [6.45, 7) is 10.5. The van der Waals surface area contributed by atoms with E-state index in [0.29, 0.717) is 0 Å². The number of carbonyl (C=O) groups is 2. The Bertz CT molecular complexity index is 1690. The molecule has 220 valence electrons. The van der Waals surface area contributed by atoms with Gasteiger partial charge in [0.15, 0.2) is 5.82 Å². The van der Waals surface area contributed by atoms with Crippen molar-refractivity contribution in [1.29, 1.82) is 0 Å². The van der Waals surface area contributed by atoms with Gasteiger partial charge >= 0.3 is 11.9 Å². The molecule has 6 nitrogen and oxygen atoms in total. The highest BCUT2D eigenvalue weighted by Gasteiger charge is 2.45. The van der Waals surface area contributed by atoms with Crippen molar-refractivity contribution in [2.45, 2.75) is 39.8 Å². The monoisotopic (exact) mass is 610 g/mol. The average Bonchev–Trinajstić information content (AvgIpc) is 3.50. The largest absolute Gasteiger partial charge is 0.465 e. The summed E-state index contributed by atoms with van der Waals surface area (Å²) in [6.07, 6.45) is 0. The van der Waals surface area contributed by atoms with E-state index in [9.17, 15) is 9.59 Å². The summed E-state index contributed by atoms with van der Waals surface area (Å²) >= 11 is 0. The highest BCUT2D eigenvalue weighted by molar-refractivity contribution is 7.87. The number of allylic oxidation sites excluding steroid dienone is 4. The standard InChI is InChI=1S/C35H36N2O4P2/c1-23-24(2)26(4)35(5,25(23)3)42-31(34(39)41-7)30(33(38)40-6)32(36-42)37-43(27-17-11-8-12-18-27,28-19-13-9-14-20-28)29-21-15-10-16-22-29/h8-22H,1-7H3. The molecular formula is C35H36N2O4P2. The predicted molar refractivity (Wildman–Crippen MR) is 177 cm³/mol. The van der Waals surface area contributed by atoms with Gasteiger partial charge < -0.3 is 9.47 Å². The summed E-state index contributed by atoms with van der Waals surface area (Å²) in [6, 6.07) is 30.4. The fourth-order valence-corrected chi connectivity index (χ4v) is 12.2. The molecule has 0 fully saturated rings. The van der Waals surface area contributed by atoms with Gasteiger partial charge in [0.1, 0.15) is 10.9 Å². The summed E-state index contributed by atoms with van der Waals surface area (Å²) in [5.41, 5.74) is 4.67. The summed E-state index contributed by atoms with van der Waals surface area (Å²) < 4.78 is 21.5. The van der Waals surface area contributed by atoms with Gasteiger partial charge in [0.25, 0.3) is 0 Å². The molecule has 0 N–H and O–H groups in total. The van der Waals surface area contributed by atoms with Crippen molar-refractivity contribution in [3.63, 3.8) is 0 Å². The third-order valence-electron chi connectivity index (χ3n) is 8.84. The molecule has 0 spiro atoms. The van der Waals surface area contributed by atoms with Crippen LogP contribution in [-0.4, -0.2) is 30.9 Å². The maximum atomic E-state index is 13.7. The second-order valence-electron chi connectivity index (χ2n) is 10.8. The maximum Gasteiger partial charge on any atom is 0.344 e. The molecule has 8 heteroatoms. The number of esters is 2. The normalized spacial score (nSPS) is 15.0. The van der Waals surface area contributed by atoms with Crippen LogP contribution >= 0.6 is 14.7 Å². The molecular weight excluding hydrogens is 574 g/mol. The van der Waals surface area contributed by atoms with Gasteiger partial charge in [-0.25, -0.2) is 19.1 Å². The van der Waals surface area contributed by atoms with Gasteiger partial charge in [-0.3, -0.25) is 0 Å². The number of benzene rings is 3. The van der Waals surface area contributed by atoms with E-state index in [0.717, 1.165) is 27.1 Å². The topological polar surface area (TPSA) is 77.9 Å². The van der Waals surface area contributed by atoms with Crippen molar-refractivity contribution in [2.24, 2.45) is 4.74 Å². The molecule has 1 aliphatic carbocycles. The second kappa shape index (κ2) is 12.0. The number of aromatic nitrogens is 1. The molecule has 3 aromatic carbocycles. The Labute approximate surface area is 254 Å². The summed E-state index contributed by atoms with van der Waals surface area (Å²) in [7, 11) is -1.80. The van der Waals surface area contributed by atoms with Crippen LogP contribution < -0.4 is 15.9 Å². The first-order valence-electron chi connectivity index (χ1n) is 14.1. The summed E-state index contributed by atoms with van der Waals surface area (Å²) in [4.78, 5) is 27.3. The van der Waals surface area contributed by atoms with Gasteiger partial charge in [0.2, 0.25) is 0 Å². The first-order valence-corrected chi connectivity index (χ1v) is 17.1. The number of methoxy groups -OCH3 is 2. The van der Waals surface area contributed by atoms with Crippen molar-refractivity contribution in [1.82, 2.24) is 4.75 Å². The lowest BCUT2D eigenvalue weighted by atomic mass is 9.98. The van der Waals surface area contributed by atoms with Crippen LogP contribution in [0, 0.1) is 0 Å². The quantitative estimate of drug-likeness (QED) is 0.157. The molecule has 5 rings (SSSR count). The summed E-state index contributed by atoms with van der Waals surface area (Å²) in [5, 5.41) is 2.64. The minimum Gasteiger partial charge on any atom is -0.465 e. The Morgan fingerprint density at radius 1 is 0.698 bits per heavy atom. The van der Waals surface area contributed by atoms with E-state index in [2.05, 4.69) is 71.0 Å². The Hall–Kier alpha value is -3.98. The van der Waals surface area contributed by atoms with Crippen molar-refractivity contribution < 1.29 is 19.1 Å². The van der Waals surface area contributed by atoms with Crippen LogP contribution in [0.1, 0.15) is 55.1 Å². The number of hydrogen-bond acceptors (Lipinski definition) is 6. The van der Waals surface area contributed by atoms with Gasteiger partial charge in [0.05, 0.1) is 26.4 Å². The molecule has 0 saturated heterocycles. The number of rotatable bonds is 7. The van der Waals surface area contributed by atoms with Crippen molar-refractivity contribution >= 4 is 48.4 Å². The third kappa shape index (κ3) is 4.83. The predicted octanol–water partition coefficient (Wildman–Crippen LogP) is 7.85. The van der Waals surface area contributed by atoms with Gasteiger partial charge in [0, 0.05) is 23.6 Å². The van der Waals surface area contributed by atoms with Gasteiger partial charge in [-0.05, 0) is 45.8 Å². The van der Waals surface area contributed by atoms with Gasteiger partial charge in [-0.1, -0.05) is 102 Å². The fraction of sp³-hybridized carbons (Fsp3) is 0.229. The van der Waals surface area contributed by atoms with E-state index in [1.165, 1.54) is 25.4 Å². The second-order valence-corrected chi connectivity index (χ2v) is 15.9. The number of carbonyl (C=O) groups excluding carboxylic acids is 2. The Morgan fingerprint density at radius 3 is 1.47 bits per heavy atom. The first-order chi connectivity index (χ1) is 20.6. The molecule has 1 aromatic heterocycles. The van der Waals surface area contributed by atoms with E-state index in [4.69, 9.17) is 19.0 Å². The molecule has 1 heterocycles. The lowest BCUT2D eigenvalue weighted by molar-refractivity contribution is 0.0560. The SMILES string of the molecule is COC(=O)c1c(N=P(c2ccccc2)(c2ccccc2)c2ccccc2)np(C2(C)C(C)=C(C)C(C)=C2C)c1C(=O)OC. The molecule has 4 aromatic rings. The van der Waals surface area contributed by atoms with Crippen LogP contribution in [0.2, 0.25) is 0 Å². The highest BCUT2D eigenvalue weighted by Crippen LogP contribution is 2.63. The van der Waals surface area contributed by atoms with Gasteiger partial charge in [-0.15, -0.1) is 0 Å². The summed E-state index contributed by atoms with van der Waals surface area (Å²) in [5.74, 6) is -1.02. The Morgan fingerprint density at radius 2 is 1.09 bits per heavy atom. The van der Waals surface area contributed by atoms with Crippen molar-refractivity contribution in [3.05, 3.63) is 124 Å². The van der Waals surface area contributed by atoms with E-state index < -0.39 is 31.8 Å². The zero-order valence-electron chi connectivity index (χ0n) is 25.6. The number of ether oxygens (including phenoxy) is 2. The van der Waals surface area contributed by atoms with Crippen molar-refractivity contribution in [2.75, 3.05) is 14.2 Å². The Kier molecular flexibility index (Phi) is 8.47. The minimum atomic E-state index is -2.80. The highest BCUT2D eigenvalue weighted by atomic mass is 31.2. The van der Waals surface area contributed by atoms with Crippen LogP contribution in [0.4, 0.5) is 5.82 Å². The third-order valence-corrected chi connectivity index (χ3v) is 15.2. The van der Waals surface area contributed by atoms with Crippen LogP contribution in [0.5, 0.6) is 0 Å². The van der Waals surface area contributed by atoms with Crippen molar-refractivity contribution in [3.8, 4) is 0 Å². The molecule has 43 heavy (non-hydrogen) atoms. The van der Waals surface area contributed by atoms with E-state index in [1.807, 2.05) is 54.6 Å². The van der Waals surface area contributed by atoms with Gasteiger partial charge in [-0.2, -0.15) is 0 Å². The zero-order valence-corrected chi connectivity index (χ0v) is 27.4. The first kappa shape index (κ1) is 30.5. The fourth-order valence-electron chi connectivity index (χ4n) is 5.96. The smallest absolute Gasteiger partial charge is 0.344 e. The Balaban J connectivity index is 2.01. The molecule has 1 aliphatic rings. The van der Waals surface area contributed by atoms with E-state index in [-0.39, 0.29) is 16.7 Å². The molecule has 1 atom stereocenters. The molecule has 0 radical (unpaired) electrons. The molecule has 1 unspecified atom stereocenters. The zero-order chi connectivity index (χ0) is 30.9. The number of nitrogens with zero attached hydrogens (tertiary/aromatic N) is 2. The van der Waals surface area contributed by atoms with Crippen LogP contribution in [0.15, 0.2) is 118 Å².